The van der Waals surface area contributed by atoms with E-state index in [-0.39, 0.29) is 18.2 Å². The van der Waals surface area contributed by atoms with Gasteiger partial charge in [0.1, 0.15) is 5.60 Å². The van der Waals surface area contributed by atoms with Gasteiger partial charge >= 0.3 is 12.4 Å². The molecule has 0 saturated carbocycles. The van der Waals surface area contributed by atoms with Gasteiger partial charge in [0.05, 0.1) is 30.9 Å². The van der Waals surface area contributed by atoms with Crippen molar-refractivity contribution >= 4 is 0 Å². The first-order valence-corrected chi connectivity index (χ1v) is 10.1. The number of alkyl halides is 6. The molecule has 3 nitrogen and oxygen atoms in total. The summed E-state index contributed by atoms with van der Waals surface area (Å²) in [6, 6.07) is 9.12. The molecule has 0 fully saturated rings. The van der Waals surface area contributed by atoms with Crippen LogP contribution in [-0.4, -0.2) is 32.1 Å². The highest BCUT2D eigenvalue weighted by atomic mass is 19.4. The molecule has 0 amide bonds. The number of fused-ring (bicyclic) bond motifs is 1. The first-order chi connectivity index (χ1) is 14.9. The van der Waals surface area contributed by atoms with Gasteiger partial charge in [-0.05, 0) is 68.4 Å². The molecule has 0 N–H and O–H groups in total. The van der Waals surface area contributed by atoms with Crippen LogP contribution in [0.1, 0.15) is 40.7 Å². The van der Waals surface area contributed by atoms with Gasteiger partial charge < -0.3 is 14.4 Å². The van der Waals surface area contributed by atoms with Crippen molar-refractivity contribution in [1.29, 1.82) is 0 Å². The van der Waals surface area contributed by atoms with Crippen LogP contribution in [0.25, 0.3) is 0 Å². The van der Waals surface area contributed by atoms with E-state index in [0.29, 0.717) is 25.2 Å². The molecule has 1 aliphatic rings. The van der Waals surface area contributed by atoms with Crippen molar-refractivity contribution in [1.82, 2.24) is 4.90 Å². The normalized spacial score (nSPS) is 18.9. The van der Waals surface area contributed by atoms with E-state index in [4.69, 9.17) is 9.47 Å². The zero-order chi connectivity index (χ0) is 23.6. The standard InChI is InChI=1S/C23H25F6NO2/c1-30(2)9-5-8-21(20-7-4-3-6-17(20)14-32-21)15-31-13-16-10-18(22(24,25)26)12-19(11-16)23(27,28)29/h3-4,6-7,10-12H,5,8-9,13-15H2,1-2H3. The Balaban J connectivity index is 1.79. The van der Waals surface area contributed by atoms with Gasteiger partial charge in [0.2, 0.25) is 0 Å². The Morgan fingerprint density at radius 2 is 1.59 bits per heavy atom. The van der Waals surface area contributed by atoms with Gasteiger partial charge in [-0.15, -0.1) is 0 Å². The number of halogens is 6. The molecule has 176 valence electrons. The Morgan fingerprint density at radius 1 is 0.969 bits per heavy atom. The van der Waals surface area contributed by atoms with E-state index in [2.05, 4.69) is 0 Å². The zero-order valence-corrected chi connectivity index (χ0v) is 17.8. The lowest BCUT2D eigenvalue weighted by atomic mass is 9.88. The van der Waals surface area contributed by atoms with Gasteiger partial charge in [0.15, 0.2) is 0 Å². The lowest BCUT2D eigenvalue weighted by Gasteiger charge is -2.30. The van der Waals surface area contributed by atoms with Crippen molar-refractivity contribution in [3.8, 4) is 0 Å². The quantitative estimate of drug-likeness (QED) is 0.450. The van der Waals surface area contributed by atoms with Crippen LogP contribution < -0.4 is 0 Å². The van der Waals surface area contributed by atoms with Crippen LogP contribution >= 0.6 is 0 Å². The number of benzene rings is 2. The Kier molecular flexibility index (Phi) is 7.21. The summed E-state index contributed by atoms with van der Waals surface area (Å²) in [6.45, 7) is 0.808. The molecule has 1 aliphatic heterocycles. The van der Waals surface area contributed by atoms with Gasteiger partial charge in [0.25, 0.3) is 0 Å². The van der Waals surface area contributed by atoms with Crippen LogP contribution in [0, 0.1) is 0 Å². The molecule has 32 heavy (non-hydrogen) atoms. The molecule has 3 rings (SSSR count). The summed E-state index contributed by atoms with van der Waals surface area (Å²) >= 11 is 0. The monoisotopic (exact) mass is 461 g/mol. The Morgan fingerprint density at radius 3 is 2.19 bits per heavy atom. The summed E-state index contributed by atoms with van der Waals surface area (Å²) in [5.74, 6) is 0. The molecule has 1 atom stereocenters. The van der Waals surface area contributed by atoms with Crippen LogP contribution in [0.15, 0.2) is 42.5 Å². The zero-order valence-electron chi connectivity index (χ0n) is 17.8. The van der Waals surface area contributed by atoms with Crippen LogP contribution in [0.2, 0.25) is 0 Å². The van der Waals surface area contributed by atoms with Crippen molar-refractivity contribution in [3.63, 3.8) is 0 Å². The number of ether oxygens (including phenoxy) is 2. The van der Waals surface area contributed by atoms with Crippen LogP contribution in [0.5, 0.6) is 0 Å². The van der Waals surface area contributed by atoms with Gasteiger partial charge in [-0.1, -0.05) is 24.3 Å². The summed E-state index contributed by atoms with van der Waals surface area (Å²) in [7, 11) is 3.89. The van der Waals surface area contributed by atoms with Gasteiger partial charge in [0, 0.05) is 0 Å². The predicted octanol–water partition coefficient (Wildman–Crippen LogP) is 6.01. The maximum absolute atomic E-state index is 13.1. The second-order valence-corrected chi connectivity index (χ2v) is 8.25. The fourth-order valence-electron chi connectivity index (χ4n) is 3.90. The highest BCUT2D eigenvalue weighted by Gasteiger charge is 2.40. The summed E-state index contributed by atoms with van der Waals surface area (Å²) < 4.78 is 90.4. The van der Waals surface area contributed by atoms with E-state index in [1.807, 2.05) is 43.3 Å². The van der Waals surface area contributed by atoms with E-state index in [9.17, 15) is 26.3 Å². The average molecular weight is 461 g/mol. The van der Waals surface area contributed by atoms with Gasteiger partial charge in [-0.25, -0.2) is 0 Å². The molecule has 1 unspecified atom stereocenters. The average Bonchev–Trinajstić information content (AvgIpc) is 3.05. The smallest absolute Gasteiger partial charge is 0.373 e. The molecule has 0 aliphatic carbocycles. The number of hydrogen-bond acceptors (Lipinski definition) is 3. The molecule has 0 bridgehead atoms. The van der Waals surface area contributed by atoms with Gasteiger partial charge in [-0.3, -0.25) is 0 Å². The Labute approximate surface area is 182 Å². The summed E-state index contributed by atoms with van der Waals surface area (Å²) in [5.41, 5.74) is -1.75. The first-order valence-electron chi connectivity index (χ1n) is 10.1. The minimum atomic E-state index is -4.89. The van der Waals surface area contributed by atoms with E-state index < -0.39 is 35.7 Å². The first kappa shape index (κ1) is 24.5. The van der Waals surface area contributed by atoms with Crippen LogP contribution in [0.3, 0.4) is 0 Å². The van der Waals surface area contributed by atoms with E-state index >= 15 is 0 Å². The second kappa shape index (κ2) is 9.41. The van der Waals surface area contributed by atoms with Crippen molar-refractivity contribution < 1.29 is 35.8 Å². The SMILES string of the molecule is CN(C)CCCC1(COCc2cc(C(F)(F)F)cc(C(F)(F)F)c2)OCc2ccccc21. The third-order valence-corrected chi connectivity index (χ3v) is 5.45. The molecule has 0 aromatic heterocycles. The van der Waals surface area contributed by atoms with Crippen LogP contribution in [0.4, 0.5) is 26.3 Å². The van der Waals surface area contributed by atoms with Crippen molar-refractivity contribution in [2.45, 2.75) is 44.0 Å². The van der Waals surface area contributed by atoms with Crippen LogP contribution in [-0.2, 0) is 40.6 Å². The minimum absolute atomic E-state index is 0.0229. The largest absolute Gasteiger partial charge is 0.416 e. The maximum atomic E-state index is 13.1. The third kappa shape index (κ3) is 5.82. The van der Waals surface area contributed by atoms with E-state index in [1.165, 1.54) is 0 Å². The molecule has 0 saturated heterocycles. The number of rotatable bonds is 8. The Bertz CT molecular complexity index is 893. The number of nitrogens with zero attached hydrogens (tertiary/aromatic N) is 1. The minimum Gasteiger partial charge on any atom is -0.373 e. The fourth-order valence-corrected chi connectivity index (χ4v) is 3.90. The van der Waals surface area contributed by atoms with E-state index in [1.54, 1.807) is 0 Å². The van der Waals surface area contributed by atoms with Crippen molar-refractivity contribution in [3.05, 3.63) is 70.3 Å². The van der Waals surface area contributed by atoms with Crippen molar-refractivity contribution in [2.75, 3.05) is 27.2 Å². The predicted molar refractivity (Wildman–Crippen MR) is 107 cm³/mol. The van der Waals surface area contributed by atoms with Gasteiger partial charge in [-0.2, -0.15) is 26.3 Å². The molecule has 0 radical (unpaired) electrons. The third-order valence-electron chi connectivity index (χ3n) is 5.45. The molecular formula is C23H25F6NO2. The summed E-state index contributed by atoms with van der Waals surface area (Å²) in [4.78, 5) is 2.02. The molecule has 0 spiro atoms. The lowest BCUT2D eigenvalue weighted by Crippen LogP contribution is -2.32. The second-order valence-electron chi connectivity index (χ2n) is 8.25. The molecular weight excluding hydrogens is 436 g/mol. The lowest BCUT2D eigenvalue weighted by molar-refractivity contribution is -0.143. The molecule has 2 aromatic carbocycles. The highest BCUT2D eigenvalue weighted by molar-refractivity contribution is 5.36. The summed E-state index contributed by atoms with van der Waals surface area (Å²) in [6.07, 6.45) is -8.39. The fraction of sp³-hybridized carbons (Fsp3) is 0.478. The highest BCUT2D eigenvalue weighted by Crippen LogP contribution is 2.41. The summed E-state index contributed by atoms with van der Waals surface area (Å²) in [5, 5.41) is 0. The molecule has 9 heteroatoms. The topological polar surface area (TPSA) is 21.7 Å². The van der Waals surface area contributed by atoms with Crippen molar-refractivity contribution in [2.24, 2.45) is 0 Å². The van der Waals surface area contributed by atoms with E-state index in [0.717, 1.165) is 24.1 Å². The Hall–Kier alpha value is -2.10. The molecule has 2 aromatic rings. The molecule has 1 heterocycles. The number of hydrogen-bond donors (Lipinski definition) is 0. The maximum Gasteiger partial charge on any atom is 0.416 e.